The molecule has 1 unspecified atom stereocenters. The number of methoxy groups -OCH3 is 2. The summed E-state index contributed by atoms with van der Waals surface area (Å²) >= 11 is 0. The molecule has 2 saturated heterocycles. The van der Waals surface area contributed by atoms with Gasteiger partial charge in [0.25, 0.3) is 5.79 Å². The lowest BCUT2D eigenvalue weighted by Crippen LogP contribution is -2.87. The minimum Gasteiger partial charge on any atom is -0.493 e. The molecule has 2 spiro atoms. The number of piperidine rings is 1. The highest BCUT2D eigenvalue weighted by molar-refractivity contribution is 5.74. The zero-order valence-electron chi connectivity index (χ0n) is 21.7. The Balaban J connectivity index is 1.30. The van der Waals surface area contributed by atoms with Crippen LogP contribution in [0.15, 0.2) is 54.6 Å². The molecule has 2 aromatic carbocycles. The zero-order chi connectivity index (χ0) is 25.7. The number of carbonyl (C=O) groups excluding carboxylic acids is 1. The summed E-state index contributed by atoms with van der Waals surface area (Å²) in [6.45, 7) is 2.13. The number of amides is 1. The SMILES string of the molecule is COc1ccc2c3c1O[C@H]1C4(OC)C=C[C@]5([C@@H](C2)N(CC2CC2)CC[C@]315)N(C(=O)OCc1ccccc1)O4. The Kier molecular flexibility index (Phi) is 4.66. The summed E-state index contributed by atoms with van der Waals surface area (Å²) < 4.78 is 24.6. The van der Waals surface area contributed by atoms with Crippen molar-refractivity contribution in [1.29, 1.82) is 0 Å². The van der Waals surface area contributed by atoms with Crippen LogP contribution < -0.4 is 9.47 Å². The molecule has 0 N–H and O–H groups in total. The van der Waals surface area contributed by atoms with Gasteiger partial charge in [-0.1, -0.05) is 42.5 Å². The first-order valence-electron chi connectivity index (χ1n) is 13.6. The molecule has 8 heteroatoms. The first-order valence-corrected chi connectivity index (χ1v) is 13.6. The number of rotatable bonds is 6. The summed E-state index contributed by atoms with van der Waals surface area (Å²) in [5.74, 6) is 0.902. The lowest BCUT2D eigenvalue weighted by molar-refractivity contribution is -0.413. The molecule has 0 radical (unpaired) electrons. The summed E-state index contributed by atoms with van der Waals surface area (Å²) in [5.41, 5.74) is 1.96. The smallest absolute Gasteiger partial charge is 0.435 e. The zero-order valence-corrected chi connectivity index (χ0v) is 21.7. The molecule has 3 aliphatic carbocycles. The predicted molar refractivity (Wildman–Crippen MR) is 137 cm³/mol. The maximum Gasteiger partial charge on any atom is 0.435 e. The van der Waals surface area contributed by atoms with E-state index in [1.165, 1.54) is 23.5 Å². The van der Waals surface area contributed by atoms with E-state index in [2.05, 4.69) is 17.0 Å². The molecule has 4 aliphatic heterocycles. The lowest BCUT2D eigenvalue weighted by atomic mass is 9.47. The van der Waals surface area contributed by atoms with Gasteiger partial charge in [-0.05, 0) is 61.4 Å². The molecule has 0 aromatic heterocycles. The monoisotopic (exact) mass is 516 g/mol. The average molecular weight is 517 g/mol. The average Bonchev–Trinajstić information content (AvgIpc) is 3.70. The summed E-state index contributed by atoms with van der Waals surface area (Å²) in [6, 6.07) is 13.9. The van der Waals surface area contributed by atoms with E-state index in [1.807, 2.05) is 42.5 Å². The highest BCUT2D eigenvalue weighted by atomic mass is 16.8. The van der Waals surface area contributed by atoms with E-state index in [-0.39, 0.29) is 12.6 Å². The molecule has 4 bridgehead atoms. The number of likely N-dealkylation sites (tertiary alicyclic amines) is 1. The van der Waals surface area contributed by atoms with Crippen LogP contribution in [0.25, 0.3) is 0 Å². The highest BCUT2D eigenvalue weighted by Gasteiger charge is 2.82. The molecule has 4 heterocycles. The minimum absolute atomic E-state index is 0.0190. The predicted octanol–water partition coefficient (Wildman–Crippen LogP) is 3.97. The molecule has 8 nitrogen and oxygen atoms in total. The molecular weight excluding hydrogens is 484 g/mol. The van der Waals surface area contributed by atoms with Crippen LogP contribution in [0.3, 0.4) is 0 Å². The second kappa shape index (κ2) is 7.74. The molecule has 1 saturated carbocycles. The maximum absolute atomic E-state index is 14.0. The van der Waals surface area contributed by atoms with Gasteiger partial charge < -0.3 is 18.9 Å². The fourth-order valence-electron chi connectivity index (χ4n) is 8.03. The van der Waals surface area contributed by atoms with Crippen LogP contribution in [0.5, 0.6) is 11.5 Å². The van der Waals surface area contributed by atoms with Gasteiger partial charge in [0.1, 0.15) is 12.1 Å². The van der Waals surface area contributed by atoms with Crippen LogP contribution in [0.1, 0.15) is 36.0 Å². The third-order valence-corrected chi connectivity index (χ3v) is 9.81. The van der Waals surface area contributed by atoms with Gasteiger partial charge in [-0.15, -0.1) is 0 Å². The number of fused-ring (bicyclic) bond motifs is 1. The summed E-state index contributed by atoms with van der Waals surface area (Å²) in [5, 5.41) is 1.51. The molecule has 198 valence electrons. The van der Waals surface area contributed by atoms with E-state index >= 15 is 0 Å². The fraction of sp³-hybridized carbons (Fsp3) is 0.500. The normalized spacial score (nSPS) is 35.6. The number of hydroxylamine groups is 2. The Morgan fingerprint density at radius 3 is 2.71 bits per heavy atom. The van der Waals surface area contributed by atoms with Crippen molar-refractivity contribution in [2.45, 2.75) is 61.2 Å². The number of hydrogen-bond donors (Lipinski definition) is 0. The molecule has 7 aliphatic rings. The molecule has 2 aromatic rings. The van der Waals surface area contributed by atoms with Crippen molar-refractivity contribution in [3.63, 3.8) is 0 Å². The van der Waals surface area contributed by atoms with Crippen LogP contribution in [-0.2, 0) is 32.8 Å². The van der Waals surface area contributed by atoms with E-state index in [4.69, 9.17) is 23.8 Å². The first-order chi connectivity index (χ1) is 18.6. The molecule has 3 fully saturated rings. The Morgan fingerprint density at radius 1 is 1.11 bits per heavy atom. The van der Waals surface area contributed by atoms with Crippen LogP contribution in [-0.4, -0.2) is 66.8 Å². The maximum atomic E-state index is 14.0. The van der Waals surface area contributed by atoms with Crippen LogP contribution in [0.4, 0.5) is 4.79 Å². The number of nitrogens with zero attached hydrogens (tertiary/aromatic N) is 2. The Hall–Kier alpha value is -3.07. The van der Waals surface area contributed by atoms with E-state index in [1.54, 1.807) is 14.2 Å². The largest absolute Gasteiger partial charge is 0.493 e. The molecule has 1 amide bonds. The van der Waals surface area contributed by atoms with Crippen molar-refractivity contribution in [1.82, 2.24) is 9.96 Å². The Morgan fingerprint density at radius 2 is 1.95 bits per heavy atom. The van der Waals surface area contributed by atoms with Crippen LogP contribution >= 0.6 is 0 Å². The second-order valence-electron chi connectivity index (χ2n) is 11.5. The van der Waals surface area contributed by atoms with Gasteiger partial charge in [0.2, 0.25) is 0 Å². The van der Waals surface area contributed by atoms with Crippen molar-refractivity contribution in [3.05, 3.63) is 71.3 Å². The number of benzene rings is 2. The first kappa shape index (κ1) is 22.9. The van der Waals surface area contributed by atoms with Crippen LogP contribution in [0.2, 0.25) is 0 Å². The van der Waals surface area contributed by atoms with E-state index in [9.17, 15) is 4.79 Å². The topological polar surface area (TPSA) is 69.7 Å². The summed E-state index contributed by atoms with van der Waals surface area (Å²) in [4.78, 5) is 23.2. The van der Waals surface area contributed by atoms with Crippen molar-refractivity contribution in [2.75, 3.05) is 27.3 Å². The van der Waals surface area contributed by atoms with Crippen molar-refractivity contribution >= 4 is 6.09 Å². The lowest BCUT2D eigenvalue weighted by Gasteiger charge is -2.70. The molecular formula is C30H32N2O6. The number of hydrogen-bond acceptors (Lipinski definition) is 7. The summed E-state index contributed by atoms with van der Waals surface area (Å²) in [6.07, 6.45) is 7.32. The minimum atomic E-state index is -1.27. The summed E-state index contributed by atoms with van der Waals surface area (Å²) in [7, 11) is 3.28. The van der Waals surface area contributed by atoms with E-state index < -0.39 is 28.9 Å². The second-order valence-corrected chi connectivity index (χ2v) is 11.5. The van der Waals surface area contributed by atoms with Gasteiger partial charge in [0.05, 0.1) is 12.5 Å². The molecule has 9 rings (SSSR count). The third-order valence-electron chi connectivity index (χ3n) is 9.81. The quantitative estimate of drug-likeness (QED) is 0.538. The Labute approximate surface area is 222 Å². The van der Waals surface area contributed by atoms with Gasteiger partial charge >= 0.3 is 6.09 Å². The standard InChI is InChI=1S/C30H32N2O6/c1-34-22-11-10-21-16-23-29-12-13-30(35-2,38-32(29)27(33)36-18-20-6-4-3-5-7-20)26-28(29,24(21)25(22)37-26)14-15-31(23)17-19-8-9-19/h3-7,10-13,19,23,26H,8-9,14-18H2,1-2H3/t23-,26-,28+,29-,30?/m1/s1. The number of ether oxygens (including phenoxy) is 4. The molecule has 5 atom stereocenters. The fourth-order valence-corrected chi connectivity index (χ4v) is 8.03. The van der Waals surface area contributed by atoms with E-state index in [0.717, 1.165) is 48.7 Å². The van der Waals surface area contributed by atoms with E-state index in [0.29, 0.717) is 5.75 Å². The van der Waals surface area contributed by atoms with Crippen molar-refractivity contribution in [2.24, 2.45) is 5.92 Å². The number of carbonyl (C=O) groups is 1. The van der Waals surface area contributed by atoms with Gasteiger partial charge in [-0.25, -0.2) is 9.63 Å². The van der Waals surface area contributed by atoms with Crippen molar-refractivity contribution < 1.29 is 28.6 Å². The van der Waals surface area contributed by atoms with Gasteiger partial charge in [0, 0.05) is 25.3 Å². The molecule has 38 heavy (non-hydrogen) atoms. The van der Waals surface area contributed by atoms with Gasteiger partial charge in [-0.3, -0.25) is 4.90 Å². The van der Waals surface area contributed by atoms with Crippen molar-refractivity contribution in [3.8, 4) is 11.5 Å². The third kappa shape index (κ3) is 2.68. The van der Waals surface area contributed by atoms with Crippen LogP contribution in [0, 0.1) is 5.92 Å². The van der Waals surface area contributed by atoms with Gasteiger partial charge in [-0.2, -0.15) is 5.06 Å². The Bertz CT molecular complexity index is 1340. The van der Waals surface area contributed by atoms with Gasteiger partial charge in [0.15, 0.2) is 17.6 Å². The highest BCUT2D eigenvalue weighted by Crippen LogP contribution is 2.70.